The highest BCUT2D eigenvalue weighted by Crippen LogP contribution is 2.25. The van der Waals surface area contributed by atoms with Gasteiger partial charge in [-0.05, 0) is 38.0 Å². The van der Waals surface area contributed by atoms with Crippen molar-refractivity contribution < 1.29 is 13.2 Å². The summed E-state index contributed by atoms with van der Waals surface area (Å²) >= 11 is 0. The van der Waals surface area contributed by atoms with Gasteiger partial charge in [-0.25, -0.2) is 8.42 Å². The lowest BCUT2D eigenvalue weighted by Crippen LogP contribution is -2.30. The Morgan fingerprint density at radius 1 is 1.17 bits per heavy atom. The van der Waals surface area contributed by atoms with E-state index in [9.17, 15) is 13.2 Å². The molecule has 2 fully saturated rings. The number of amides is 1. The zero-order valence-corrected chi connectivity index (χ0v) is 11.7. The molecule has 1 saturated heterocycles. The molecule has 18 heavy (non-hydrogen) atoms. The van der Waals surface area contributed by atoms with E-state index in [0.717, 1.165) is 32.1 Å². The molecule has 2 rings (SSSR count). The van der Waals surface area contributed by atoms with Gasteiger partial charge in [-0.15, -0.1) is 0 Å². The van der Waals surface area contributed by atoms with Gasteiger partial charge in [-0.1, -0.05) is 12.8 Å². The van der Waals surface area contributed by atoms with E-state index in [1.807, 2.05) is 0 Å². The lowest BCUT2D eigenvalue weighted by Gasteiger charge is -2.11. The first-order chi connectivity index (χ1) is 8.57. The first kappa shape index (κ1) is 13.8. The molecule has 0 radical (unpaired) electrons. The lowest BCUT2D eigenvalue weighted by atomic mass is 10.0. The average Bonchev–Trinajstić information content (AvgIpc) is 2.93. The number of carbonyl (C=O) groups is 1. The van der Waals surface area contributed by atoms with Gasteiger partial charge in [-0.3, -0.25) is 4.79 Å². The van der Waals surface area contributed by atoms with E-state index in [4.69, 9.17) is 0 Å². The van der Waals surface area contributed by atoms with Gasteiger partial charge in [0.05, 0.1) is 11.5 Å². The standard InChI is InChI=1S/C13H23NO3S/c15-13(12-5-1-2-6-12)14-8-3-4-11-7-9-18(16,17)10-11/h11-12H,1-10H2,(H,14,15). The highest BCUT2D eigenvalue weighted by Gasteiger charge is 2.27. The predicted octanol–water partition coefficient (Wildman–Crippen LogP) is 1.51. The van der Waals surface area contributed by atoms with Crippen LogP contribution in [0.2, 0.25) is 0 Å². The van der Waals surface area contributed by atoms with Crippen LogP contribution >= 0.6 is 0 Å². The summed E-state index contributed by atoms with van der Waals surface area (Å²) in [5, 5.41) is 2.98. The molecular weight excluding hydrogens is 250 g/mol. The Morgan fingerprint density at radius 3 is 2.50 bits per heavy atom. The number of sulfone groups is 1. The minimum atomic E-state index is -2.75. The maximum atomic E-state index is 11.7. The van der Waals surface area contributed by atoms with E-state index in [0.29, 0.717) is 24.0 Å². The number of carbonyl (C=O) groups excluding carboxylic acids is 1. The molecule has 1 N–H and O–H groups in total. The van der Waals surface area contributed by atoms with Crippen LogP contribution in [0.4, 0.5) is 0 Å². The molecule has 0 bridgehead atoms. The van der Waals surface area contributed by atoms with Crippen molar-refractivity contribution in [3.05, 3.63) is 0 Å². The Labute approximate surface area is 109 Å². The zero-order chi connectivity index (χ0) is 13.0. The Kier molecular flexibility index (Phi) is 4.65. The van der Waals surface area contributed by atoms with Crippen molar-refractivity contribution in [2.45, 2.75) is 44.9 Å². The monoisotopic (exact) mass is 273 g/mol. The molecule has 1 saturated carbocycles. The maximum Gasteiger partial charge on any atom is 0.223 e. The van der Waals surface area contributed by atoms with Crippen molar-refractivity contribution in [1.29, 1.82) is 0 Å². The third kappa shape index (κ3) is 3.97. The SMILES string of the molecule is O=C(NCCCC1CCS(=O)(=O)C1)C1CCCC1. The minimum absolute atomic E-state index is 0.201. The minimum Gasteiger partial charge on any atom is -0.356 e. The first-order valence-corrected chi connectivity index (χ1v) is 8.87. The summed E-state index contributed by atoms with van der Waals surface area (Å²) in [4.78, 5) is 11.7. The largest absolute Gasteiger partial charge is 0.356 e. The molecule has 0 aromatic rings. The van der Waals surface area contributed by atoms with Gasteiger partial charge < -0.3 is 5.32 Å². The second-order valence-electron chi connectivity index (χ2n) is 5.68. The van der Waals surface area contributed by atoms with Crippen molar-refractivity contribution in [1.82, 2.24) is 5.32 Å². The fourth-order valence-electron chi connectivity index (χ4n) is 3.03. The van der Waals surface area contributed by atoms with Gasteiger partial charge in [-0.2, -0.15) is 0 Å². The van der Waals surface area contributed by atoms with Crippen LogP contribution in [0.5, 0.6) is 0 Å². The summed E-state index contributed by atoms with van der Waals surface area (Å²) in [6, 6.07) is 0. The highest BCUT2D eigenvalue weighted by atomic mass is 32.2. The fraction of sp³-hybridized carbons (Fsp3) is 0.923. The highest BCUT2D eigenvalue weighted by molar-refractivity contribution is 7.91. The predicted molar refractivity (Wildman–Crippen MR) is 71.0 cm³/mol. The zero-order valence-electron chi connectivity index (χ0n) is 10.9. The van der Waals surface area contributed by atoms with E-state index < -0.39 is 9.84 Å². The van der Waals surface area contributed by atoms with Gasteiger partial charge in [0.2, 0.25) is 5.91 Å². The van der Waals surface area contributed by atoms with Crippen LogP contribution in [0.25, 0.3) is 0 Å². The van der Waals surface area contributed by atoms with Crippen LogP contribution in [0.15, 0.2) is 0 Å². The fourth-order valence-corrected chi connectivity index (χ4v) is 4.95. The molecule has 0 aromatic carbocycles. The van der Waals surface area contributed by atoms with E-state index in [-0.39, 0.29) is 11.8 Å². The van der Waals surface area contributed by atoms with Crippen LogP contribution in [0.1, 0.15) is 44.9 Å². The van der Waals surface area contributed by atoms with E-state index >= 15 is 0 Å². The van der Waals surface area contributed by atoms with E-state index in [1.54, 1.807) is 0 Å². The van der Waals surface area contributed by atoms with E-state index in [2.05, 4.69) is 5.32 Å². The summed E-state index contributed by atoms with van der Waals surface area (Å²) in [5.74, 6) is 1.46. The van der Waals surface area contributed by atoms with Gasteiger partial charge in [0, 0.05) is 12.5 Å². The Balaban J connectivity index is 1.57. The van der Waals surface area contributed by atoms with Crippen molar-refractivity contribution in [2.75, 3.05) is 18.1 Å². The first-order valence-electron chi connectivity index (χ1n) is 7.05. The average molecular weight is 273 g/mol. The van der Waals surface area contributed by atoms with Gasteiger partial charge in [0.1, 0.15) is 0 Å². The number of nitrogens with one attached hydrogen (secondary N) is 1. The molecule has 1 unspecified atom stereocenters. The summed E-state index contributed by atoms with van der Waals surface area (Å²) in [5.41, 5.74) is 0. The normalized spacial score (nSPS) is 27.4. The lowest BCUT2D eigenvalue weighted by molar-refractivity contribution is -0.124. The van der Waals surface area contributed by atoms with Gasteiger partial charge in [0.25, 0.3) is 0 Å². The van der Waals surface area contributed by atoms with Crippen molar-refractivity contribution in [2.24, 2.45) is 11.8 Å². The molecule has 1 aliphatic carbocycles. The smallest absolute Gasteiger partial charge is 0.223 e. The summed E-state index contributed by atoms with van der Waals surface area (Å²) in [6.07, 6.45) is 7.05. The van der Waals surface area contributed by atoms with Crippen LogP contribution in [-0.4, -0.2) is 32.4 Å². The van der Waals surface area contributed by atoms with Crippen LogP contribution in [-0.2, 0) is 14.6 Å². The second-order valence-corrected chi connectivity index (χ2v) is 7.91. The molecule has 5 heteroatoms. The summed E-state index contributed by atoms with van der Waals surface area (Å²) < 4.78 is 22.6. The van der Waals surface area contributed by atoms with Gasteiger partial charge >= 0.3 is 0 Å². The number of rotatable bonds is 5. The molecule has 1 amide bonds. The Hall–Kier alpha value is -0.580. The van der Waals surface area contributed by atoms with Crippen molar-refractivity contribution in [3.63, 3.8) is 0 Å². The number of hydrogen-bond donors (Lipinski definition) is 1. The third-order valence-corrected chi connectivity index (χ3v) is 5.98. The second kappa shape index (κ2) is 6.04. The molecule has 2 aliphatic rings. The van der Waals surface area contributed by atoms with E-state index in [1.165, 1.54) is 12.8 Å². The molecule has 1 atom stereocenters. The molecule has 4 nitrogen and oxygen atoms in total. The maximum absolute atomic E-state index is 11.7. The van der Waals surface area contributed by atoms with Crippen LogP contribution in [0.3, 0.4) is 0 Å². The van der Waals surface area contributed by atoms with Crippen molar-refractivity contribution >= 4 is 15.7 Å². The Bertz CT molecular complexity index is 385. The van der Waals surface area contributed by atoms with Crippen LogP contribution in [0, 0.1) is 11.8 Å². The molecule has 104 valence electrons. The molecular formula is C13H23NO3S. The third-order valence-electron chi connectivity index (χ3n) is 4.14. The van der Waals surface area contributed by atoms with Gasteiger partial charge in [0.15, 0.2) is 9.84 Å². The molecule has 0 spiro atoms. The molecule has 1 heterocycles. The quantitative estimate of drug-likeness (QED) is 0.772. The number of hydrogen-bond acceptors (Lipinski definition) is 3. The summed E-state index contributed by atoms with van der Waals surface area (Å²) in [6.45, 7) is 0.700. The van der Waals surface area contributed by atoms with Crippen molar-refractivity contribution in [3.8, 4) is 0 Å². The summed E-state index contributed by atoms with van der Waals surface area (Å²) in [7, 11) is -2.75. The molecule has 0 aromatic heterocycles. The topological polar surface area (TPSA) is 63.2 Å². The molecule has 1 aliphatic heterocycles. The Morgan fingerprint density at radius 2 is 1.89 bits per heavy atom. The van der Waals surface area contributed by atoms with Crippen LogP contribution < -0.4 is 5.32 Å².